The smallest absolute Gasteiger partial charge is 0.336 e. The minimum absolute atomic E-state index is 0.189. The van der Waals surface area contributed by atoms with Gasteiger partial charge in [-0.1, -0.05) is 0 Å². The largest absolute Gasteiger partial charge is 0.492 e. The molecule has 84 valence electrons. The number of rotatable bonds is 2. The van der Waals surface area contributed by atoms with Gasteiger partial charge in [-0.3, -0.25) is 0 Å². The van der Waals surface area contributed by atoms with E-state index in [4.69, 9.17) is 15.6 Å². The second-order valence-electron chi connectivity index (χ2n) is 3.54. The van der Waals surface area contributed by atoms with E-state index in [1.807, 2.05) is 7.05 Å². The molecule has 5 heteroatoms. The maximum absolute atomic E-state index is 11.1. The Labute approximate surface area is 92.0 Å². The predicted molar refractivity (Wildman–Crippen MR) is 60.8 cm³/mol. The van der Waals surface area contributed by atoms with Crippen LogP contribution in [0.5, 0.6) is 5.75 Å². The average Bonchev–Trinajstić information content (AvgIpc) is 2.60. The molecule has 0 fully saturated rings. The third-order valence-electron chi connectivity index (χ3n) is 2.57. The van der Waals surface area contributed by atoms with Crippen LogP contribution in [0.15, 0.2) is 18.3 Å². The minimum Gasteiger partial charge on any atom is -0.492 e. The van der Waals surface area contributed by atoms with E-state index in [2.05, 4.69) is 0 Å². The van der Waals surface area contributed by atoms with Crippen molar-refractivity contribution in [1.29, 1.82) is 0 Å². The first-order valence-electron chi connectivity index (χ1n) is 4.71. The van der Waals surface area contributed by atoms with Crippen molar-refractivity contribution in [3.8, 4) is 5.75 Å². The summed E-state index contributed by atoms with van der Waals surface area (Å²) < 4.78 is 6.98. The second-order valence-corrected chi connectivity index (χ2v) is 3.54. The van der Waals surface area contributed by atoms with Crippen molar-refractivity contribution in [1.82, 2.24) is 4.57 Å². The molecule has 1 aromatic carbocycles. The highest BCUT2D eigenvalue weighted by Gasteiger charge is 2.17. The third kappa shape index (κ3) is 1.29. The number of anilines is 1. The zero-order chi connectivity index (χ0) is 11.9. The van der Waals surface area contributed by atoms with Gasteiger partial charge in [0.1, 0.15) is 0 Å². The van der Waals surface area contributed by atoms with E-state index in [1.165, 1.54) is 13.2 Å². The van der Waals surface area contributed by atoms with Crippen molar-refractivity contribution in [3.05, 3.63) is 23.9 Å². The molecule has 0 aliphatic heterocycles. The maximum atomic E-state index is 11.1. The van der Waals surface area contributed by atoms with Crippen LogP contribution in [0.2, 0.25) is 0 Å². The number of nitrogens with zero attached hydrogens (tertiary/aromatic N) is 1. The number of hydrogen-bond acceptors (Lipinski definition) is 3. The van der Waals surface area contributed by atoms with Crippen molar-refractivity contribution in [2.24, 2.45) is 7.05 Å². The zero-order valence-corrected chi connectivity index (χ0v) is 9.02. The maximum Gasteiger partial charge on any atom is 0.336 e. The van der Waals surface area contributed by atoms with Crippen LogP contribution in [0.4, 0.5) is 5.69 Å². The number of aromatic carboxylic acids is 1. The third-order valence-corrected chi connectivity index (χ3v) is 2.57. The lowest BCUT2D eigenvalue weighted by Crippen LogP contribution is -2.02. The first-order chi connectivity index (χ1) is 7.56. The summed E-state index contributed by atoms with van der Waals surface area (Å²) in [6, 6.07) is 3.16. The van der Waals surface area contributed by atoms with Crippen LogP contribution in [0.25, 0.3) is 10.9 Å². The first-order valence-corrected chi connectivity index (χ1v) is 4.71. The molecule has 5 nitrogen and oxygen atoms in total. The van der Waals surface area contributed by atoms with Gasteiger partial charge < -0.3 is 20.1 Å². The lowest BCUT2D eigenvalue weighted by molar-refractivity contribution is 0.0699. The van der Waals surface area contributed by atoms with Gasteiger partial charge in [-0.15, -0.1) is 0 Å². The summed E-state index contributed by atoms with van der Waals surface area (Å²) in [6.45, 7) is 0. The van der Waals surface area contributed by atoms with Gasteiger partial charge in [0.05, 0.1) is 23.9 Å². The van der Waals surface area contributed by atoms with Gasteiger partial charge in [-0.05, 0) is 12.1 Å². The average molecular weight is 220 g/mol. The molecule has 0 atom stereocenters. The molecular weight excluding hydrogens is 208 g/mol. The number of aromatic nitrogens is 1. The summed E-state index contributed by atoms with van der Waals surface area (Å²) in [5.74, 6) is -0.488. The molecule has 0 aliphatic rings. The molecule has 0 saturated heterocycles. The number of aryl methyl sites for hydroxylation is 1. The van der Waals surface area contributed by atoms with Crippen molar-refractivity contribution >= 4 is 22.6 Å². The fraction of sp³-hybridized carbons (Fsp3) is 0.182. The Morgan fingerprint density at radius 3 is 2.81 bits per heavy atom. The topological polar surface area (TPSA) is 77.5 Å². The van der Waals surface area contributed by atoms with Crippen LogP contribution in [-0.2, 0) is 7.05 Å². The predicted octanol–water partition coefficient (Wildman–Crippen LogP) is 1.47. The van der Waals surface area contributed by atoms with Crippen LogP contribution < -0.4 is 10.5 Å². The van der Waals surface area contributed by atoms with Gasteiger partial charge in [0, 0.05) is 18.6 Å². The zero-order valence-electron chi connectivity index (χ0n) is 9.02. The number of carboxylic acids is 1. The molecule has 2 aromatic rings. The summed E-state index contributed by atoms with van der Waals surface area (Å²) in [5, 5.41) is 9.70. The van der Waals surface area contributed by atoms with Crippen molar-refractivity contribution in [2.45, 2.75) is 0 Å². The Balaban J connectivity index is 2.93. The molecule has 0 radical (unpaired) electrons. The normalized spacial score (nSPS) is 10.6. The quantitative estimate of drug-likeness (QED) is 0.751. The Bertz CT molecular complexity index is 572. The van der Waals surface area contributed by atoms with Gasteiger partial charge >= 0.3 is 5.97 Å². The summed E-state index contributed by atoms with van der Waals surface area (Å²) >= 11 is 0. The van der Waals surface area contributed by atoms with Gasteiger partial charge in [0.2, 0.25) is 0 Å². The van der Waals surface area contributed by atoms with Gasteiger partial charge in [0.25, 0.3) is 0 Å². The molecule has 0 saturated carbocycles. The highest BCUT2D eigenvalue weighted by molar-refractivity contribution is 6.07. The molecule has 0 bridgehead atoms. The van der Waals surface area contributed by atoms with Crippen molar-refractivity contribution < 1.29 is 14.6 Å². The van der Waals surface area contributed by atoms with Crippen molar-refractivity contribution in [2.75, 3.05) is 12.8 Å². The fourth-order valence-corrected chi connectivity index (χ4v) is 1.86. The highest BCUT2D eigenvalue weighted by Crippen LogP contribution is 2.34. The molecule has 0 aliphatic carbocycles. The fourth-order valence-electron chi connectivity index (χ4n) is 1.86. The number of fused-ring (bicyclic) bond motifs is 1. The lowest BCUT2D eigenvalue weighted by Gasteiger charge is -2.10. The Morgan fingerprint density at radius 1 is 1.56 bits per heavy atom. The molecule has 1 aromatic heterocycles. The number of nitrogen functional groups attached to an aromatic ring is 1. The number of carboxylic acid groups (broad SMARTS) is 1. The van der Waals surface area contributed by atoms with E-state index in [-0.39, 0.29) is 5.56 Å². The van der Waals surface area contributed by atoms with Crippen LogP contribution in [-0.4, -0.2) is 22.8 Å². The second kappa shape index (κ2) is 3.44. The molecule has 16 heavy (non-hydrogen) atoms. The SMILES string of the molecule is COc1c(N)cc(C(=O)O)c2ccn(C)c12. The summed E-state index contributed by atoms with van der Waals surface area (Å²) in [7, 11) is 3.33. The molecule has 1 heterocycles. The lowest BCUT2D eigenvalue weighted by atomic mass is 10.1. The van der Waals surface area contributed by atoms with Crippen molar-refractivity contribution in [3.63, 3.8) is 0 Å². The number of carbonyl (C=O) groups is 1. The van der Waals surface area contributed by atoms with Gasteiger partial charge in [-0.2, -0.15) is 0 Å². The molecule has 0 amide bonds. The van der Waals surface area contributed by atoms with Gasteiger partial charge in [-0.25, -0.2) is 4.79 Å². The highest BCUT2D eigenvalue weighted by atomic mass is 16.5. The summed E-state index contributed by atoms with van der Waals surface area (Å²) in [5.41, 5.74) is 6.97. The van der Waals surface area contributed by atoms with Gasteiger partial charge in [0.15, 0.2) is 5.75 Å². The summed E-state index contributed by atoms with van der Waals surface area (Å²) in [6.07, 6.45) is 1.78. The van der Waals surface area contributed by atoms with E-state index >= 15 is 0 Å². The van der Waals surface area contributed by atoms with E-state index < -0.39 is 5.97 Å². The van der Waals surface area contributed by atoms with Crippen LogP contribution in [0, 0.1) is 0 Å². The standard InChI is InChI=1S/C11H12N2O3/c1-13-4-3-6-7(11(14)15)5-8(12)10(16-2)9(6)13/h3-5H,12H2,1-2H3,(H,14,15). The molecular formula is C11H12N2O3. The number of nitrogens with two attached hydrogens (primary N) is 1. The van der Waals surface area contributed by atoms with E-state index in [1.54, 1.807) is 16.8 Å². The van der Waals surface area contributed by atoms with E-state index in [0.29, 0.717) is 22.3 Å². The van der Waals surface area contributed by atoms with E-state index in [0.717, 1.165) is 0 Å². The summed E-state index contributed by atoms with van der Waals surface area (Å²) in [4.78, 5) is 11.1. The number of ether oxygens (including phenoxy) is 1. The Morgan fingerprint density at radius 2 is 2.25 bits per heavy atom. The van der Waals surface area contributed by atoms with Crippen LogP contribution >= 0.6 is 0 Å². The minimum atomic E-state index is -0.995. The number of methoxy groups -OCH3 is 1. The number of hydrogen-bond donors (Lipinski definition) is 2. The Kier molecular flexibility index (Phi) is 2.23. The van der Waals surface area contributed by atoms with Crippen LogP contribution in [0.3, 0.4) is 0 Å². The Hall–Kier alpha value is -2.17. The molecule has 0 unspecified atom stereocenters. The molecule has 2 rings (SSSR count). The first kappa shape index (κ1) is 10.4. The molecule has 3 N–H and O–H groups in total. The van der Waals surface area contributed by atoms with E-state index in [9.17, 15) is 4.79 Å². The molecule has 0 spiro atoms. The number of benzene rings is 1. The monoisotopic (exact) mass is 220 g/mol. The van der Waals surface area contributed by atoms with Crippen LogP contribution in [0.1, 0.15) is 10.4 Å².